The maximum Gasteiger partial charge on any atom is 0.126 e. The molecule has 62 valence electrons. The molecular weight excluding hydrogens is 163 g/mol. The molecule has 0 spiro atoms. The molecule has 0 aliphatic rings. The van der Waals surface area contributed by atoms with Gasteiger partial charge in [0, 0.05) is 6.42 Å². The van der Waals surface area contributed by atoms with Gasteiger partial charge in [-0.1, -0.05) is 0 Å². The van der Waals surface area contributed by atoms with E-state index in [2.05, 4.69) is 4.98 Å². The SMILES string of the molecule is Cc1nc(CCN)sc1CF. The van der Waals surface area contributed by atoms with E-state index in [4.69, 9.17) is 5.73 Å². The van der Waals surface area contributed by atoms with Gasteiger partial charge in [-0.3, -0.25) is 0 Å². The number of rotatable bonds is 3. The minimum absolute atomic E-state index is 0.409. The third kappa shape index (κ3) is 1.97. The fourth-order valence-electron chi connectivity index (χ4n) is 0.843. The van der Waals surface area contributed by atoms with Crippen molar-refractivity contribution in [3.8, 4) is 0 Å². The van der Waals surface area contributed by atoms with Gasteiger partial charge < -0.3 is 5.73 Å². The minimum atomic E-state index is -0.409. The molecule has 11 heavy (non-hydrogen) atoms. The standard InChI is InChI=1S/C7H11FN2S/c1-5-6(4-8)11-7(10-5)2-3-9/h2-4,9H2,1H3. The summed E-state index contributed by atoms with van der Waals surface area (Å²) in [6, 6.07) is 0. The van der Waals surface area contributed by atoms with Gasteiger partial charge in [0.1, 0.15) is 6.67 Å². The molecule has 0 radical (unpaired) electrons. The first kappa shape index (κ1) is 8.62. The van der Waals surface area contributed by atoms with E-state index in [1.807, 2.05) is 6.92 Å². The van der Waals surface area contributed by atoms with Crippen molar-refractivity contribution in [2.45, 2.75) is 20.0 Å². The highest BCUT2D eigenvalue weighted by atomic mass is 32.1. The van der Waals surface area contributed by atoms with Gasteiger partial charge in [-0.05, 0) is 13.5 Å². The number of nitrogens with two attached hydrogens (primary N) is 1. The van der Waals surface area contributed by atoms with Crippen molar-refractivity contribution in [2.24, 2.45) is 5.73 Å². The highest BCUT2D eigenvalue weighted by Gasteiger charge is 2.05. The average molecular weight is 174 g/mol. The Kier molecular flexibility index (Phi) is 2.96. The first-order valence-corrected chi connectivity index (χ1v) is 4.30. The second-order valence-corrected chi connectivity index (χ2v) is 3.46. The van der Waals surface area contributed by atoms with Crippen LogP contribution in [0.2, 0.25) is 0 Å². The molecule has 0 fully saturated rings. The Balaban J connectivity index is 2.77. The van der Waals surface area contributed by atoms with Crippen LogP contribution in [0.25, 0.3) is 0 Å². The fourth-order valence-corrected chi connectivity index (χ4v) is 1.78. The van der Waals surface area contributed by atoms with E-state index in [9.17, 15) is 4.39 Å². The lowest BCUT2D eigenvalue weighted by Gasteiger charge is -1.86. The summed E-state index contributed by atoms with van der Waals surface area (Å²) < 4.78 is 12.2. The van der Waals surface area contributed by atoms with Crippen LogP contribution >= 0.6 is 11.3 Å². The molecule has 0 saturated heterocycles. The topological polar surface area (TPSA) is 38.9 Å². The summed E-state index contributed by atoms with van der Waals surface area (Å²) in [5, 5.41) is 0.942. The molecule has 2 nitrogen and oxygen atoms in total. The van der Waals surface area contributed by atoms with Crippen LogP contribution in [0.15, 0.2) is 0 Å². The van der Waals surface area contributed by atoms with E-state index in [-0.39, 0.29) is 0 Å². The second kappa shape index (κ2) is 3.78. The average Bonchev–Trinajstić information content (AvgIpc) is 2.32. The molecule has 0 aliphatic heterocycles. The monoisotopic (exact) mass is 174 g/mol. The van der Waals surface area contributed by atoms with Crippen LogP contribution in [-0.4, -0.2) is 11.5 Å². The Morgan fingerprint density at radius 2 is 2.36 bits per heavy atom. The van der Waals surface area contributed by atoms with Crippen LogP contribution in [0.3, 0.4) is 0 Å². The number of aromatic nitrogens is 1. The molecule has 1 heterocycles. The molecule has 1 rings (SSSR count). The van der Waals surface area contributed by atoms with Gasteiger partial charge in [-0.25, -0.2) is 9.37 Å². The molecule has 2 N–H and O–H groups in total. The Labute approximate surface area is 69.3 Å². The predicted octanol–water partition coefficient (Wildman–Crippen LogP) is 1.42. The van der Waals surface area contributed by atoms with Crippen molar-refractivity contribution in [3.05, 3.63) is 15.6 Å². The first-order valence-electron chi connectivity index (χ1n) is 3.49. The fraction of sp³-hybridized carbons (Fsp3) is 0.571. The van der Waals surface area contributed by atoms with Crippen LogP contribution in [-0.2, 0) is 13.1 Å². The molecular formula is C7H11FN2S. The molecule has 0 bridgehead atoms. The van der Waals surface area contributed by atoms with E-state index in [1.165, 1.54) is 11.3 Å². The quantitative estimate of drug-likeness (QED) is 0.752. The van der Waals surface area contributed by atoms with Crippen LogP contribution < -0.4 is 5.73 Å². The van der Waals surface area contributed by atoms with Crippen molar-refractivity contribution in [2.75, 3.05) is 6.54 Å². The van der Waals surface area contributed by atoms with Gasteiger partial charge in [-0.2, -0.15) is 0 Å². The second-order valence-electron chi connectivity index (χ2n) is 2.29. The molecule has 0 unspecified atom stereocenters. The molecule has 0 aliphatic carbocycles. The summed E-state index contributed by atoms with van der Waals surface area (Å²) in [6.07, 6.45) is 0.755. The smallest absolute Gasteiger partial charge is 0.126 e. The normalized spacial score (nSPS) is 10.5. The van der Waals surface area contributed by atoms with Crippen molar-refractivity contribution in [3.63, 3.8) is 0 Å². The zero-order valence-corrected chi connectivity index (χ0v) is 7.25. The molecule has 0 atom stereocenters. The Hall–Kier alpha value is -0.480. The van der Waals surface area contributed by atoms with E-state index in [1.54, 1.807) is 0 Å². The number of hydrogen-bond acceptors (Lipinski definition) is 3. The van der Waals surface area contributed by atoms with Gasteiger partial charge in [0.25, 0.3) is 0 Å². The summed E-state index contributed by atoms with van der Waals surface area (Å²) >= 11 is 1.42. The number of nitrogens with zero attached hydrogens (tertiary/aromatic N) is 1. The predicted molar refractivity (Wildman–Crippen MR) is 44.4 cm³/mol. The lowest BCUT2D eigenvalue weighted by molar-refractivity contribution is 0.489. The number of thiazole rings is 1. The third-order valence-electron chi connectivity index (χ3n) is 1.42. The molecule has 0 saturated carbocycles. The summed E-state index contributed by atoms with van der Waals surface area (Å²) in [6.45, 7) is 2.00. The summed E-state index contributed by atoms with van der Waals surface area (Å²) in [5.41, 5.74) is 6.14. The number of aryl methyl sites for hydroxylation is 1. The van der Waals surface area contributed by atoms with Crippen LogP contribution in [0.1, 0.15) is 15.6 Å². The van der Waals surface area contributed by atoms with E-state index >= 15 is 0 Å². The maximum atomic E-state index is 12.2. The van der Waals surface area contributed by atoms with Crippen LogP contribution in [0.4, 0.5) is 4.39 Å². The Morgan fingerprint density at radius 1 is 1.64 bits per heavy atom. The highest BCUT2D eigenvalue weighted by molar-refractivity contribution is 7.11. The molecule has 4 heteroatoms. The molecule has 1 aromatic rings. The first-order chi connectivity index (χ1) is 5.27. The van der Waals surface area contributed by atoms with Crippen molar-refractivity contribution >= 4 is 11.3 Å². The van der Waals surface area contributed by atoms with E-state index < -0.39 is 6.67 Å². The van der Waals surface area contributed by atoms with Gasteiger partial charge in [0.05, 0.1) is 15.6 Å². The maximum absolute atomic E-state index is 12.2. The lowest BCUT2D eigenvalue weighted by atomic mass is 10.4. The summed E-state index contributed by atoms with van der Waals surface area (Å²) in [4.78, 5) is 4.90. The van der Waals surface area contributed by atoms with Gasteiger partial charge in [0.15, 0.2) is 0 Å². The summed E-state index contributed by atoms with van der Waals surface area (Å²) in [7, 11) is 0. The largest absolute Gasteiger partial charge is 0.330 e. The molecule has 0 amide bonds. The molecule has 1 aromatic heterocycles. The minimum Gasteiger partial charge on any atom is -0.330 e. The number of hydrogen-bond donors (Lipinski definition) is 1. The Morgan fingerprint density at radius 3 is 2.82 bits per heavy atom. The van der Waals surface area contributed by atoms with Crippen molar-refractivity contribution < 1.29 is 4.39 Å². The highest BCUT2D eigenvalue weighted by Crippen LogP contribution is 2.18. The van der Waals surface area contributed by atoms with Crippen molar-refractivity contribution in [1.82, 2.24) is 4.98 Å². The van der Waals surface area contributed by atoms with Gasteiger partial charge in [0.2, 0.25) is 0 Å². The zero-order valence-electron chi connectivity index (χ0n) is 6.43. The van der Waals surface area contributed by atoms with E-state index in [0.717, 1.165) is 22.0 Å². The van der Waals surface area contributed by atoms with Gasteiger partial charge >= 0.3 is 0 Å². The Bertz CT molecular complexity index is 234. The zero-order chi connectivity index (χ0) is 8.27. The van der Waals surface area contributed by atoms with Crippen molar-refractivity contribution in [1.29, 1.82) is 0 Å². The number of alkyl halides is 1. The molecule has 0 aromatic carbocycles. The number of halogens is 1. The lowest BCUT2D eigenvalue weighted by Crippen LogP contribution is -2.01. The van der Waals surface area contributed by atoms with Gasteiger partial charge in [-0.15, -0.1) is 11.3 Å². The van der Waals surface area contributed by atoms with E-state index in [0.29, 0.717) is 6.54 Å². The van der Waals surface area contributed by atoms with Crippen LogP contribution in [0.5, 0.6) is 0 Å². The summed E-state index contributed by atoms with van der Waals surface area (Å²) in [5.74, 6) is 0. The van der Waals surface area contributed by atoms with Crippen LogP contribution in [0, 0.1) is 6.92 Å². The third-order valence-corrected chi connectivity index (χ3v) is 2.60.